The smallest absolute Gasteiger partial charge is 0.333 e. The lowest BCUT2D eigenvalue weighted by atomic mass is 9.88. The molecule has 7 heteroatoms. The fourth-order valence-corrected chi connectivity index (χ4v) is 1.00. The van der Waals surface area contributed by atoms with Crippen LogP contribution in [0, 0.1) is 5.41 Å². The van der Waals surface area contributed by atoms with E-state index < -0.39 is 17.4 Å². The highest BCUT2D eigenvalue weighted by atomic mass is 16.6. The number of aliphatic hydroxyl groups excluding tert-OH is 3. The molecule has 0 saturated heterocycles. The van der Waals surface area contributed by atoms with E-state index >= 15 is 0 Å². The molecule has 0 fully saturated rings. The van der Waals surface area contributed by atoms with Crippen molar-refractivity contribution in [1.82, 2.24) is 0 Å². The minimum atomic E-state index is -0.667. The van der Waals surface area contributed by atoms with E-state index in [0.717, 1.165) is 0 Å². The van der Waals surface area contributed by atoms with Crippen molar-refractivity contribution in [1.29, 1.82) is 0 Å². The maximum absolute atomic E-state index is 10.8. The number of esters is 2. The molecule has 0 aromatic heterocycles. The van der Waals surface area contributed by atoms with Crippen LogP contribution >= 0.6 is 0 Å². The van der Waals surface area contributed by atoms with Gasteiger partial charge in [-0.05, 0) is 20.3 Å². The molecule has 0 aliphatic heterocycles. The maximum Gasteiger partial charge on any atom is 0.333 e. The summed E-state index contributed by atoms with van der Waals surface area (Å²) in [6.45, 7) is 11.3. The lowest BCUT2D eigenvalue weighted by Crippen LogP contribution is -2.32. The SMILES string of the molecule is C=C(C)C(=O)OCCOC(=O)C(=C)C.CCC(CO)(CO)CO. The topological polar surface area (TPSA) is 113 Å². The molecular formula is C16H28O7. The summed E-state index contributed by atoms with van der Waals surface area (Å²) in [6, 6.07) is 0. The summed E-state index contributed by atoms with van der Waals surface area (Å²) in [5, 5.41) is 26.0. The Bertz CT molecular complexity index is 352. The lowest BCUT2D eigenvalue weighted by molar-refractivity contribution is -0.147. The van der Waals surface area contributed by atoms with Crippen molar-refractivity contribution in [2.75, 3.05) is 33.0 Å². The summed E-state index contributed by atoms with van der Waals surface area (Å²) >= 11 is 0. The highest BCUT2D eigenvalue weighted by molar-refractivity contribution is 5.87. The van der Waals surface area contributed by atoms with Gasteiger partial charge in [0.05, 0.1) is 19.8 Å². The van der Waals surface area contributed by atoms with E-state index in [0.29, 0.717) is 17.6 Å². The number of ether oxygens (including phenoxy) is 2. The lowest BCUT2D eigenvalue weighted by Gasteiger charge is -2.24. The number of hydrogen-bond donors (Lipinski definition) is 3. The maximum atomic E-state index is 10.8. The summed E-state index contributed by atoms with van der Waals surface area (Å²) in [5.41, 5.74) is -0.0348. The van der Waals surface area contributed by atoms with E-state index in [1.807, 2.05) is 6.92 Å². The van der Waals surface area contributed by atoms with Crippen LogP contribution in [0.25, 0.3) is 0 Å². The van der Waals surface area contributed by atoms with Gasteiger partial charge in [0.2, 0.25) is 0 Å². The Morgan fingerprint density at radius 1 is 0.870 bits per heavy atom. The molecule has 0 atom stereocenters. The quantitative estimate of drug-likeness (QED) is 0.321. The molecular weight excluding hydrogens is 304 g/mol. The fourth-order valence-electron chi connectivity index (χ4n) is 1.00. The van der Waals surface area contributed by atoms with Crippen LogP contribution in [0.2, 0.25) is 0 Å². The highest BCUT2D eigenvalue weighted by Gasteiger charge is 2.24. The second-order valence-electron chi connectivity index (χ2n) is 5.16. The van der Waals surface area contributed by atoms with Gasteiger partial charge in [-0.25, -0.2) is 9.59 Å². The molecule has 0 aromatic rings. The zero-order chi connectivity index (χ0) is 18.5. The van der Waals surface area contributed by atoms with Crippen LogP contribution in [-0.2, 0) is 19.1 Å². The van der Waals surface area contributed by atoms with Gasteiger partial charge in [0.25, 0.3) is 0 Å². The van der Waals surface area contributed by atoms with Crippen LogP contribution in [0.1, 0.15) is 27.2 Å². The molecule has 134 valence electrons. The van der Waals surface area contributed by atoms with E-state index in [2.05, 4.69) is 22.6 Å². The molecule has 0 aliphatic carbocycles. The van der Waals surface area contributed by atoms with Crippen LogP contribution in [0.5, 0.6) is 0 Å². The molecule has 0 radical (unpaired) electrons. The monoisotopic (exact) mass is 332 g/mol. The molecule has 3 N–H and O–H groups in total. The first kappa shape index (κ1) is 23.6. The van der Waals surface area contributed by atoms with Crippen LogP contribution in [0.4, 0.5) is 0 Å². The average molecular weight is 332 g/mol. The van der Waals surface area contributed by atoms with E-state index in [1.54, 1.807) is 13.8 Å². The van der Waals surface area contributed by atoms with Crippen molar-refractivity contribution >= 4 is 11.9 Å². The Labute approximate surface area is 137 Å². The van der Waals surface area contributed by atoms with Crippen LogP contribution in [-0.4, -0.2) is 60.3 Å². The van der Waals surface area contributed by atoms with E-state index in [4.69, 9.17) is 15.3 Å². The summed E-state index contributed by atoms with van der Waals surface area (Å²) in [5.74, 6) is -0.979. The molecule has 0 aromatic carbocycles. The third-order valence-corrected chi connectivity index (χ3v) is 3.00. The highest BCUT2D eigenvalue weighted by Crippen LogP contribution is 2.18. The Morgan fingerprint density at radius 3 is 1.30 bits per heavy atom. The first-order valence-electron chi connectivity index (χ1n) is 7.17. The summed E-state index contributed by atoms with van der Waals surface area (Å²) < 4.78 is 9.38. The molecule has 0 saturated carbocycles. The Morgan fingerprint density at radius 2 is 1.17 bits per heavy atom. The van der Waals surface area contributed by atoms with Crippen molar-refractivity contribution in [2.24, 2.45) is 5.41 Å². The van der Waals surface area contributed by atoms with Gasteiger partial charge < -0.3 is 24.8 Å². The summed E-state index contributed by atoms with van der Waals surface area (Å²) in [4.78, 5) is 21.7. The minimum absolute atomic E-state index is 0.0325. The number of carbonyl (C=O) groups is 2. The van der Waals surface area contributed by atoms with Crippen LogP contribution in [0.15, 0.2) is 24.3 Å². The molecule has 0 heterocycles. The first-order chi connectivity index (χ1) is 10.7. The molecule has 0 spiro atoms. The van der Waals surface area contributed by atoms with Crippen molar-refractivity contribution in [3.63, 3.8) is 0 Å². The van der Waals surface area contributed by atoms with Crippen molar-refractivity contribution in [3.05, 3.63) is 24.3 Å². The predicted octanol–water partition coefficient (Wildman–Crippen LogP) is 0.585. The van der Waals surface area contributed by atoms with E-state index in [-0.39, 0.29) is 33.0 Å². The fraction of sp³-hybridized carbons (Fsp3) is 0.625. The second-order valence-corrected chi connectivity index (χ2v) is 5.16. The minimum Gasteiger partial charge on any atom is -0.459 e. The second kappa shape index (κ2) is 12.8. The number of rotatable bonds is 9. The molecule has 0 aliphatic rings. The van der Waals surface area contributed by atoms with Gasteiger partial charge in [-0.15, -0.1) is 0 Å². The van der Waals surface area contributed by atoms with Gasteiger partial charge in [-0.1, -0.05) is 20.1 Å². The van der Waals surface area contributed by atoms with Crippen molar-refractivity contribution in [2.45, 2.75) is 27.2 Å². The van der Waals surface area contributed by atoms with Gasteiger partial charge in [-0.3, -0.25) is 0 Å². The number of aliphatic hydroxyl groups is 3. The van der Waals surface area contributed by atoms with Crippen molar-refractivity contribution in [3.8, 4) is 0 Å². The van der Waals surface area contributed by atoms with Crippen molar-refractivity contribution < 1.29 is 34.4 Å². The standard InChI is InChI=1S/C10H14O4.C6H14O3/c1-7(2)9(11)13-5-6-14-10(12)8(3)4;1-2-6(3-7,4-8)5-9/h1,3,5-6H2,2,4H3;7-9H,2-5H2,1H3. The Hall–Kier alpha value is -1.70. The summed E-state index contributed by atoms with van der Waals surface area (Å²) in [6.07, 6.45) is 0.594. The third-order valence-electron chi connectivity index (χ3n) is 3.00. The Kier molecular flexibility index (Phi) is 13.1. The first-order valence-corrected chi connectivity index (χ1v) is 7.17. The zero-order valence-electron chi connectivity index (χ0n) is 14.1. The molecule has 23 heavy (non-hydrogen) atoms. The third kappa shape index (κ3) is 10.6. The van der Waals surface area contributed by atoms with E-state index in [1.165, 1.54) is 0 Å². The van der Waals surface area contributed by atoms with Gasteiger partial charge >= 0.3 is 11.9 Å². The largest absolute Gasteiger partial charge is 0.459 e. The average Bonchev–Trinajstić information content (AvgIpc) is 2.54. The van der Waals surface area contributed by atoms with Gasteiger partial charge in [0.15, 0.2) is 0 Å². The molecule has 0 amide bonds. The Balaban J connectivity index is 0. The van der Waals surface area contributed by atoms with E-state index in [9.17, 15) is 9.59 Å². The number of hydrogen-bond acceptors (Lipinski definition) is 7. The molecule has 0 rings (SSSR count). The van der Waals surface area contributed by atoms with Gasteiger partial charge in [0.1, 0.15) is 13.2 Å². The molecule has 0 unspecified atom stereocenters. The number of carbonyl (C=O) groups excluding carboxylic acids is 2. The molecule has 7 nitrogen and oxygen atoms in total. The molecule has 0 bridgehead atoms. The van der Waals surface area contributed by atoms with Gasteiger partial charge in [0, 0.05) is 16.6 Å². The zero-order valence-corrected chi connectivity index (χ0v) is 14.1. The van der Waals surface area contributed by atoms with Gasteiger partial charge in [-0.2, -0.15) is 0 Å². The summed E-state index contributed by atoms with van der Waals surface area (Å²) in [7, 11) is 0. The van der Waals surface area contributed by atoms with Crippen LogP contribution < -0.4 is 0 Å². The van der Waals surface area contributed by atoms with Crippen LogP contribution in [0.3, 0.4) is 0 Å². The normalized spacial score (nSPS) is 10.2. The predicted molar refractivity (Wildman–Crippen MR) is 85.5 cm³/mol.